The van der Waals surface area contributed by atoms with Gasteiger partial charge in [0.1, 0.15) is 17.7 Å². The third-order valence-electron chi connectivity index (χ3n) is 4.40. The van der Waals surface area contributed by atoms with E-state index in [4.69, 9.17) is 5.73 Å². The Labute approximate surface area is 161 Å². The second-order valence-corrected chi connectivity index (χ2v) is 6.31. The van der Waals surface area contributed by atoms with E-state index in [1.54, 1.807) is 0 Å². The van der Waals surface area contributed by atoms with Crippen molar-refractivity contribution in [2.24, 2.45) is 5.73 Å². The number of hydrogen-bond donors (Lipinski definition) is 2. The van der Waals surface area contributed by atoms with Crippen LogP contribution in [0.2, 0.25) is 0 Å². The summed E-state index contributed by atoms with van der Waals surface area (Å²) in [5.41, 5.74) is 7.76. The molecule has 1 amide bonds. The van der Waals surface area contributed by atoms with Crippen molar-refractivity contribution in [3.05, 3.63) is 90.2 Å². The molecule has 3 N–H and O–H groups in total. The fourth-order valence-electron chi connectivity index (χ4n) is 3.01. The Morgan fingerprint density at radius 2 is 1.57 bits per heavy atom. The lowest BCUT2D eigenvalue weighted by atomic mass is 10.1. The molecule has 28 heavy (non-hydrogen) atoms. The number of carbonyl (C=O) groups excluding carboxylic acids is 1. The van der Waals surface area contributed by atoms with Crippen LogP contribution in [0.5, 0.6) is 0 Å². The van der Waals surface area contributed by atoms with Crippen LogP contribution in [0.3, 0.4) is 0 Å². The molecule has 0 radical (unpaired) electrons. The van der Waals surface area contributed by atoms with Crippen LogP contribution in [-0.2, 0) is 4.79 Å². The van der Waals surface area contributed by atoms with Crippen molar-refractivity contribution in [3.8, 4) is 11.4 Å². The van der Waals surface area contributed by atoms with Gasteiger partial charge in [-0.05, 0) is 29.8 Å². The van der Waals surface area contributed by atoms with E-state index in [9.17, 15) is 9.18 Å². The first kappa shape index (κ1) is 17.6. The number of hydrogen-bond acceptors (Lipinski definition) is 4. The first-order chi connectivity index (χ1) is 13.6. The molecule has 0 fully saturated rings. The zero-order valence-corrected chi connectivity index (χ0v) is 14.8. The maximum absolute atomic E-state index is 13.3. The molecule has 0 aliphatic heterocycles. The minimum Gasteiger partial charge on any atom is -0.368 e. The standard InChI is InChI=1S/C22H17FN4O/c23-16-12-10-14(11-13-16)19(20(24)28)26-22-17-8-4-5-9-18(17)25-21(27-22)15-6-2-1-3-7-15/h1-13,19H,(H2,24,28)(H,25,26,27). The number of para-hydroxylation sites is 1. The SMILES string of the molecule is NC(=O)C(Nc1nc(-c2ccccc2)nc2ccccc12)c1ccc(F)cc1. The van der Waals surface area contributed by atoms with E-state index in [1.165, 1.54) is 24.3 Å². The van der Waals surface area contributed by atoms with E-state index < -0.39 is 11.9 Å². The van der Waals surface area contributed by atoms with Gasteiger partial charge in [-0.25, -0.2) is 14.4 Å². The van der Waals surface area contributed by atoms with Crippen LogP contribution >= 0.6 is 0 Å². The normalized spacial score (nSPS) is 11.9. The summed E-state index contributed by atoms with van der Waals surface area (Å²) in [6.07, 6.45) is 0. The number of halogens is 1. The fourth-order valence-corrected chi connectivity index (χ4v) is 3.01. The van der Waals surface area contributed by atoms with Gasteiger partial charge in [0, 0.05) is 10.9 Å². The molecule has 1 unspecified atom stereocenters. The van der Waals surface area contributed by atoms with Gasteiger partial charge in [0.15, 0.2) is 5.82 Å². The van der Waals surface area contributed by atoms with Crippen LogP contribution in [0.25, 0.3) is 22.3 Å². The smallest absolute Gasteiger partial charge is 0.244 e. The summed E-state index contributed by atoms with van der Waals surface area (Å²) < 4.78 is 13.3. The fraction of sp³-hybridized carbons (Fsp3) is 0.0455. The number of carbonyl (C=O) groups is 1. The van der Waals surface area contributed by atoms with Crippen molar-refractivity contribution in [2.75, 3.05) is 5.32 Å². The van der Waals surface area contributed by atoms with Gasteiger partial charge in [0.2, 0.25) is 5.91 Å². The number of rotatable bonds is 5. The highest BCUT2D eigenvalue weighted by Crippen LogP contribution is 2.28. The molecule has 0 spiro atoms. The van der Waals surface area contributed by atoms with Crippen molar-refractivity contribution in [1.82, 2.24) is 9.97 Å². The lowest BCUT2D eigenvalue weighted by Crippen LogP contribution is -2.28. The number of nitrogens with two attached hydrogens (primary N) is 1. The second kappa shape index (κ2) is 7.44. The van der Waals surface area contributed by atoms with Crippen molar-refractivity contribution in [1.29, 1.82) is 0 Å². The van der Waals surface area contributed by atoms with Gasteiger partial charge < -0.3 is 11.1 Å². The third kappa shape index (κ3) is 3.53. The summed E-state index contributed by atoms with van der Waals surface area (Å²) in [6, 6.07) is 21.9. The van der Waals surface area contributed by atoms with Crippen LogP contribution < -0.4 is 11.1 Å². The Bertz CT molecular complexity index is 1130. The van der Waals surface area contributed by atoms with Gasteiger partial charge in [0.25, 0.3) is 0 Å². The molecule has 0 saturated heterocycles. The molecule has 3 aromatic carbocycles. The highest BCUT2D eigenvalue weighted by atomic mass is 19.1. The molecule has 5 nitrogen and oxygen atoms in total. The summed E-state index contributed by atoms with van der Waals surface area (Å²) in [5.74, 6) is 0.0445. The van der Waals surface area contributed by atoms with Crippen molar-refractivity contribution in [2.45, 2.75) is 6.04 Å². The summed E-state index contributed by atoms with van der Waals surface area (Å²) in [4.78, 5) is 21.4. The molecule has 1 heterocycles. The van der Waals surface area contributed by atoms with Crippen molar-refractivity contribution >= 4 is 22.6 Å². The van der Waals surface area contributed by atoms with Crippen molar-refractivity contribution in [3.63, 3.8) is 0 Å². The molecule has 0 aliphatic rings. The minimum atomic E-state index is -0.859. The van der Waals surface area contributed by atoms with Crippen LogP contribution in [0.4, 0.5) is 10.2 Å². The Kier molecular flexibility index (Phi) is 4.68. The van der Waals surface area contributed by atoms with E-state index in [0.29, 0.717) is 17.2 Å². The summed E-state index contributed by atoms with van der Waals surface area (Å²) >= 11 is 0. The lowest BCUT2D eigenvalue weighted by Gasteiger charge is -2.18. The second-order valence-electron chi connectivity index (χ2n) is 6.31. The third-order valence-corrected chi connectivity index (χ3v) is 4.40. The largest absolute Gasteiger partial charge is 0.368 e. The first-order valence-electron chi connectivity index (χ1n) is 8.75. The molecular weight excluding hydrogens is 355 g/mol. The topological polar surface area (TPSA) is 80.9 Å². The number of primary amides is 1. The van der Waals surface area contributed by atoms with Gasteiger partial charge in [-0.3, -0.25) is 4.79 Å². The van der Waals surface area contributed by atoms with Crippen molar-refractivity contribution < 1.29 is 9.18 Å². The minimum absolute atomic E-state index is 0.383. The summed E-state index contributed by atoms with van der Waals surface area (Å²) in [6.45, 7) is 0. The molecule has 4 aromatic rings. The quantitative estimate of drug-likeness (QED) is 0.553. The Balaban J connectivity index is 1.82. The maximum atomic E-state index is 13.3. The lowest BCUT2D eigenvalue weighted by molar-refractivity contribution is -0.118. The molecular formula is C22H17FN4O. The van der Waals surface area contributed by atoms with E-state index in [0.717, 1.165) is 16.5 Å². The molecule has 0 saturated carbocycles. The van der Waals surface area contributed by atoms with Gasteiger partial charge >= 0.3 is 0 Å². The monoisotopic (exact) mass is 372 g/mol. The van der Waals surface area contributed by atoms with Gasteiger partial charge in [-0.15, -0.1) is 0 Å². The number of nitrogens with zero attached hydrogens (tertiary/aromatic N) is 2. The number of amides is 1. The van der Waals surface area contributed by atoms with E-state index in [2.05, 4.69) is 15.3 Å². The van der Waals surface area contributed by atoms with Crippen LogP contribution in [0.15, 0.2) is 78.9 Å². The predicted octanol–water partition coefficient (Wildman–Crippen LogP) is 4.07. The predicted molar refractivity (Wildman–Crippen MR) is 107 cm³/mol. The summed E-state index contributed by atoms with van der Waals surface area (Å²) in [7, 11) is 0. The highest BCUT2D eigenvalue weighted by Gasteiger charge is 2.20. The molecule has 138 valence electrons. The average molecular weight is 372 g/mol. The molecule has 0 bridgehead atoms. The number of benzene rings is 3. The number of aromatic nitrogens is 2. The van der Waals surface area contributed by atoms with Crippen LogP contribution in [0, 0.1) is 5.82 Å². The van der Waals surface area contributed by atoms with Gasteiger partial charge in [-0.2, -0.15) is 0 Å². The number of fused-ring (bicyclic) bond motifs is 1. The number of anilines is 1. The summed E-state index contributed by atoms with van der Waals surface area (Å²) in [5, 5.41) is 3.88. The Morgan fingerprint density at radius 1 is 0.893 bits per heavy atom. The number of nitrogens with one attached hydrogen (secondary N) is 1. The van der Waals surface area contributed by atoms with E-state index >= 15 is 0 Å². The first-order valence-corrected chi connectivity index (χ1v) is 8.75. The van der Waals surface area contributed by atoms with E-state index in [-0.39, 0.29) is 5.82 Å². The zero-order chi connectivity index (χ0) is 19.5. The van der Waals surface area contributed by atoms with E-state index in [1.807, 2.05) is 54.6 Å². The molecule has 0 aliphatic carbocycles. The molecule has 6 heteroatoms. The van der Waals surface area contributed by atoms with Crippen LogP contribution in [0.1, 0.15) is 11.6 Å². The molecule has 4 rings (SSSR count). The van der Waals surface area contributed by atoms with Gasteiger partial charge in [-0.1, -0.05) is 54.6 Å². The van der Waals surface area contributed by atoms with Crippen LogP contribution in [-0.4, -0.2) is 15.9 Å². The molecule has 1 atom stereocenters. The zero-order valence-electron chi connectivity index (χ0n) is 14.8. The average Bonchev–Trinajstić information content (AvgIpc) is 2.73. The Hall–Kier alpha value is -3.80. The Morgan fingerprint density at radius 3 is 2.29 bits per heavy atom. The highest BCUT2D eigenvalue weighted by molar-refractivity contribution is 5.93. The maximum Gasteiger partial charge on any atom is 0.244 e. The van der Waals surface area contributed by atoms with Gasteiger partial charge in [0.05, 0.1) is 5.52 Å². The molecule has 1 aromatic heterocycles.